The first-order valence-electron chi connectivity index (χ1n) is 6.64. The van der Waals surface area contributed by atoms with Crippen LogP contribution in [0.5, 0.6) is 0 Å². The monoisotopic (exact) mass is 346 g/mol. The number of carboxylic acid groups (broad SMARTS) is 1. The summed E-state index contributed by atoms with van der Waals surface area (Å²) in [6.45, 7) is 0.752. The van der Waals surface area contributed by atoms with Crippen LogP contribution in [0.3, 0.4) is 0 Å². The molecule has 22 heavy (non-hydrogen) atoms. The van der Waals surface area contributed by atoms with Gasteiger partial charge in [0.1, 0.15) is 0 Å². The summed E-state index contributed by atoms with van der Waals surface area (Å²) in [4.78, 5) is 33.3. The van der Waals surface area contributed by atoms with E-state index in [4.69, 9.17) is 9.52 Å². The van der Waals surface area contributed by atoms with Crippen LogP contribution in [0.15, 0.2) is 22.8 Å². The summed E-state index contributed by atoms with van der Waals surface area (Å²) in [7, 11) is 2.99. The summed E-state index contributed by atoms with van der Waals surface area (Å²) in [5, 5.41) is 13.8. The van der Waals surface area contributed by atoms with Gasteiger partial charge in [-0.15, -0.1) is 0 Å². The molecule has 7 nitrogen and oxygen atoms in total. The van der Waals surface area contributed by atoms with Gasteiger partial charge in [-0.1, -0.05) is 21.6 Å². The zero-order valence-corrected chi connectivity index (χ0v) is 13.5. The predicted octanol–water partition coefficient (Wildman–Crippen LogP) is 1.37. The van der Waals surface area contributed by atoms with Gasteiger partial charge in [0.05, 0.1) is 12.7 Å². The third-order valence-electron chi connectivity index (χ3n) is 2.37. The van der Waals surface area contributed by atoms with Gasteiger partial charge in [0.25, 0.3) is 5.91 Å². The van der Waals surface area contributed by atoms with Crippen molar-refractivity contribution in [3.63, 3.8) is 0 Å². The van der Waals surface area contributed by atoms with Crippen molar-refractivity contribution in [1.82, 2.24) is 10.6 Å². The molecule has 0 saturated heterocycles. The van der Waals surface area contributed by atoms with Crippen LogP contribution in [0.2, 0.25) is 0 Å². The molecule has 1 heterocycles. The van der Waals surface area contributed by atoms with Crippen molar-refractivity contribution in [2.45, 2.75) is 12.8 Å². The highest BCUT2D eigenvalue weighted by Gasteiger charge is 2.08. The van der Waals surface area contributed by atoms with E-state index in [0.29, 0.717) is 18.1 Å². The van der Waals surface area contributed by atoms with Crippen molar-refractivity contribution in [2.24, 2.45) is 0 Å². The van der Waals surface area contributed by atoms with E-state index in [-0.39, 0.29) is 37.0 Å². The standard InChI is InChI=1S/C13H18N2O5S2/c16-11(14-6-9-22-21-8-4-12(17)18)3-5-15-13(19)10-2-1-7-20-10/h1-2,7H,3-6,8-9H2,(H,14,16)(H,15,19)(H,17,18). The first-order chi connectivity index (χ1) is 10.6. The van der Waals surface area contributed by atoms with E-state index in [1.54, 1.807) is 12.1 Å². The Morgan fingerprint density at radius 1 is 1.09 bits per heavy atom. The molecular formula is C13H18N2O5S2. The number of hydrogen-bond donors (Lipinski definition) is 3. The van der Waals surface area contributed by atoms with Crippen LogP contribution < -0.4 is 10.6 Å². The molecule has 0 bridgehead atoms. The Morgan fingerprint density at radius 3 is 2.55 bits per heavy atom. The maximum absolute atomic E-state index is 11.5. The van der Waals surface area contributed by atoms with Crippen LogP contribution in [0, 0.1) is 0 Å². The summed E-state index contributed by atoms with van der Waals surface area (Å²) >= 11 is 0. The Morgan fingerprint density at radius 2 is 1.86 bits per heavy atom. The molecule has 0 spiro atoms. The highest BCUT2D eigenvalue weighted by molar-refractivity contribution is 8.76. The third-order valence-corrected chi connectivity index (χ3v) is 4.78. The predicted molar refractivity (Wildman–Crippen MR) is 85.8 cm³/mol. The normalized spacial score (nSPS) is 10.2. The zero-order valence-electron chi connectivity index (χ0n) is 11.9. The molecule has 0 radical (unpaired) electrons. The lowest BCUT2D eigenvalue weighted by Crippen LogP contribution is -2.31. The van der Waals surface area contributed by atoms with Crippen LogP contribution in [-0.4, -0.2) is 47.5 Å². The summed E-state index contributed by atoms with van der Waals surface area (Å²) in [5.74, 6) is 0.175. The summed E-state index contributed by atoms with van der Waals surface area (Å²) in [6.07, 6.45) is 1.75. The van der Waals surface area contributed by atoms with Crippen molar-refractivity contribution >= 4 is 39.4 Å². The lowest BCUT2D eigenvalue weighted by atomic mass is 10.3. The molecule has 1 aromatic heterocycles. The second-order valence-corrected chi connectivity index (χ2v) is 6.82. The number of carbonyl (C=O) groups is 3. The van der Waals surface area contributed by atoms with Gasteiger partial charge in [-0.25, -0.2) is 0 Å². The quantitative estimate of drug-likeness (QED) is 0.410. The van der Waals surface area contributed by atoms with Gasteiger partial charge in [0, 0.05) is 31.0 Å². The molecule has 0 saturated carbocycles. The molecule has 122 valence electrons. The van der Waals surface area contributed by atoms with Crippen molar-refractivity contribution in [3.8, 4) is 0 Å². The Kier molecular flexibility index (Phi) is 9.24. The molecule has 0 unspecified atom stereocenters. The minimum absolute atomic E-state index is 0.138. The first kappa shape index (κ1) is 18.4. The van der Waals surface area contributed by atoms with Crippen molar-refractivity contribution < 1.29 is 23.9 Å². The molecule has 9 heteroatoms. The zero-order chi connectivity index (χ0) is 16.2. The van der Waals surface area contributed by atoms with Gasteiger partial charge in [-0.2, -0.15) is 0 Å². The Bertz CT molecular complexity index is 479. The van der Waals surface area contributed by atoms with Crippen LogP contribution in [0.4, 0.5) is 0 Å². The highest BCUT2D eigenvalue weighted by atomic mass is 33.1. The largest absolute Gasteiger partial charge is 0.481 e. The lowest BCUT2D eigenvalue weighted by molar-refractivity contribution is -0.136. The summed E-state index contributed by atoms with van der Waals surface area (Å²) in [5.41, 5.74) is 0. The maximum atomic E-state index is 11.5. The topological polar surface area (TPSA) is 109 Å². The van der Waals surface area contributed by atoms with E-state index >= 15 is 0 Å². The fourth-order valence-corrected chi connectivity index (χ4v) is 3.24. The molecule has 0 aliphatic rings. The second-order valence-electron chi connectivity index (χ2n) is 4.12. The number of furan rings is 1. The van der Waals surface area contributed by atoms with E-state index in [2.05, 4.69) is 10.6 Å². The lowest BCUT2D eigenvalue weighted by Gasteiger charge is -2.05. The molecular weight excluding hydrogens is 328 g/mol. The average molecular weight is 346 g/mol. The molecule has 1 aromatic rings. The molecule has 0 fully saturated rings. The highest BCUT2D eigenvalue weighted by Crippen LogP contribution is 2.20. The van der Waals surface area contributed by atoms with Crippen LogP contribution in [-0.2, 0) is 9.59 Å². The average Bonchev–Trinajstić information content (AvgIpc) is 3.00. The minimum Gasteiger partial charge on any atom is -0.481 e. The van der Waals surface area contributed by atoms with Gasteiger partial charge >= 0.3 is 5.97 Å². The first-order valence-corrected chi connectivity index (χ1v) is 9.13. The van der Waals surface area contributed by atoms with Crippen LogP contribution in [0.1, 0.15) is 23.4 Å². The number of amides is 2. The summed E-state index contributed by atoms with van der Waals surface area (Å²) < 4.78 is 4.92. The molecule has 0 aromatic carbocycles. The number of carboxylic acids is 1. The molecule has 0 atom stereocenters. The van der Waals surface area contributed by atoms with Gasteiger partial charge < -0.3 is 20.2 Å². The van der Waals surface area contributed by atoms with E-state index < -0.39 is 5.97 Å². The van der Waals surface area contributed by atoms with Gasteiger partial charge in [0.2, 0.25) is 5.91 Å². The number of rotatable bonds is 11. The van der Waals surface area contributed by atoms with Crippen molar-refractivity contribution in [2.75, 3.05) is 24.6 Å². The van der Waals surface area contributed by atoms with Crippen LogP contribution >= 0.6 is 21.6 Å². The Labute approximate surface area is 136 Å². The van der Waals surface area contributed by atoms with Crippen molar-refractivity contribution in [1.29, 1.82) is 0 Å². The fraction of sp³-hybridized carbons (Fsp3) is 0.462. The molecule has 1 rings (SSSR count). The number of aliphatic carboxylic acids is 1. The summed E-state index contributed by atoms with van der Waals surface area (Å²) in [6, 6.07) is 3.17. The Balaban J connectivity index is 1.95. The van der Waals surface area contributed by atoms with E-state index in [1.807, 2.05) is 0 Å². The maximum Gasteiger partial charge on any atom is 0.304 e. The van der Waals surface area contributed by atoms with E-state index in [0.717, 1.165) is 0 Å². The molecule has 0 aliphatic heterocycles. The number of nitrogens with one attached hydrogen (secondary N) is 2. The third kappa shape index (κ3) is 8.63. The van der Waals surface area contributed by atoms with E-state index in [1.165, 1.54) is 27.9 Å². The second kappa shape index (κ2) is 11.0. The molecule has 2 amide bonds. The SMILES string of the molecule is O=C(O)CCSSCCNC(=O)CCNC(=O)c1ccco1. The fourth-order valence-electron chi connectivity index (χ4n) is 1.35. The Hall–Kier alpha value is -1.61. The number of carbonyl (C=O) groups excluding carboxylic acids is 2. The van der Waals surface area contributed by atoms with Crippen molar-refractivity contribution in [3.05, 3.63) is 24.2 Å². The number of hydrogen-bond acceptors (Lipinski definition) is 6. The minimum atomic E-state index is -0.807. The van der Waals surface area contributed by atoms with E-state index in [9.17, 15) is 14.4 Å². The van der Waals surface area contributed by atoms with Gasteiger partial charge in [-0.3, -0.25) is 14.4 Å². The van der Waals surface area contributed by atoms with Gasteiger partial charge in [-0.05, 0) is 12.1 Å². The van der Waals surface area contributed by atoms with Gasteiger partial charge in [0.15, 0.2) is 5.76 Å². The smallest absolute Gasteiger partial charge is 0.304 e. The van der Waals surface area contributed by atoms with Crippen LogP contribution in [0.25, 0.3) is 0 Å². The molecule has 3 N–H and O–H groups in total. The molecule has 0 aliphatic carbocycles.